The van der Waals surface area contributed by atoms with Crippen molar-refractivity contribution in [2.75, 3.05) is 18.4 Å². The predicted octanol–water partition coefficient (Wildman–Crippen LogP) is 2.75. The van der Waals surface area contributed by atoms with Gasteiger partial charge in [-0.2, -0.15) is 0 Å². The summed E-state index contributed by atoms with van der Waals surface area (Å²) in [6, 6.07) is 7.50. The van der Waals surface area contributed by atoms with Gasteiger partial charge in [0.1, 0.15) is 0 Å². The molecule has 2 N–H and O–H groups in total. The van der Waals surface area contributed by atoms with Gasteiger partial charge in [-0.3, -0.25) is 9.59 Å². The molecule has 1 aliphatic heterocycles. The Morgan fingerprint density at radius 3 is 2.54 bits per heavy atom. The molecule has 1 fully saturated rings. The van der Waals surface area contributed by atoms with E-state index in [0.717, 1.165) is 30.0 Å². The van der Waals surface area contributed by atoms with Crippen LogP contribution in [0, 0.1) is 5.92 Å². The van der Waals surface area contributed by atoms with E-state index in [4.69, 9.17) is 0 Å². The number of aliphatic hydroxyl groups is 1. The van der Waals surface area contributed by atoms with Crippen molar-refractivity contribution in [1.82, 2.24) is 4.90 Å². The van der Waals surface area contributed by atoms with E-state index in [1.807, 2.05) is 36.1 Å². The second-order valence-corrected chi connectivity index (χ2v) is 7.81. The number of rotatable bonds is 5. The van der Waals surface area contributed by atoms with Crippen LogP contribution in [0.1, 0.15) is 33.6 Å². The van der Waals surface area contributed by atoms with Crippen LogP contribution in [0.2, 0.25) is 0 Å². The number of carbonyl (C=O) groups excluding carboxylic acids is 2. The first-order valence-electron chi connectivity index (χ1n) is 8.38. The molecular weight excluding hydrogens is 324 g/mol. The number of amides is 2. The van der Waals surface area contributed by atoms with E-state index in [9.17, 15) is 14.7 Å². The highest BCUT2D eigenvalue weighted by atomic mass is 32.2. The van der Waals surface area contributed by atoms with Crippen LogP contribution in [-0.4, -0.2) is 46.3 Å². The van der Waals surface area contributed by atoms with Crippen molar-refractivity contribution in [1.29, 1.82) is 0 Å². The molecule has 0 aromatic heterocycles. The van der Waals surface area contributed by atoms with Crippen molar-refractivity contribution in [3.05, 3.63) is 24.3 Å². The highest BCUT2D eigenvalue weighted by Gasteiger charge is 2.29. The average Bonchev–Trinajstić information content (AvgIpc) is 2.55. The van der Waals surface area contributed by atoms with Gasteiger partial charge in [-0.15, -0.1) is 11.8 Å². The summed E-state index contributed by atoms with van der Waals surface area (Å²) in [5, 5.41) is 12.3. The minimum Gasteiger partial charge on any atom is -0.393 e. The monoisotopic (exact) mass is 350 g/mol. The van der Waals surface area contributed by atoms with Gasteiger partial charge in [0.25, 0.3) is 0 Å². The van der Waals surface area contributed by atoms with Crippen molar-refractivity contribution in [3.8, 4) is 0 Å². The molecule has 0 radical (unpaired) electrons. The van der Waals surface area contributed by atoms with Crippen LogP contribution in [0.3, 0.4) is 0 Å². The smallest absolute Gasteiger partial charge is 0.235 e. The summed E-state index contributed by atoms with van der Waals surface area (Å²) >= 11 is 1.52. The van der Waals surface area contributed by atoms with Crippen molar-refractivity contribution in [2.45, 2.75) is 49.9 Å². The summed E-state index contributed by atoms with van der Waals surface area (Å²) in [6.07, 6.45) is 1.56. The zero-order valence-corrected chi connectivity index (χ0v) is 15.3. The van der Waals surface area contributed by atoms with Gasteiger partial charge in [0.15, 0.2) is 0 Å². The van der Waals surface area contributed by atoms with Gasteiger partial charge in [0, 0.05) is 36.5 Å². The number of piperidine rings is 1. The highest BCUT2D eigenvalue weighted by molar-refractivity contribution is 8.00. The number of likely N-dealkylation sites (tertiary alicyclic amines) is 1. The molecule has 24 heavy (non-hydrogen) atoms. The minimum absolute atomic E-state index is 0.100. The predicted molar refractivity (Wildman–Crippen MR) is 97.0 cm³/mol. The Morgan fingerprint density at radius 2 is 1.96 bits per heavy atom. The first-order chi connectivity index (χ1) is 11.4. The number of anilines is 1. The van der Waals surface area contributed by atoms with Crippen molar-refractivity contribution in [2.24, 2.45) is 5.92 Å². The molecule has 0 bridgehead atoms. The highest BCUT2D eigenvalue weighted by Crippen LogP contribution is 2.28. The standard InChI is InChI=1S/C18H26N2O3S/c1-12(21)15-5-4-10-20(11-15)18(23)13(2)24-17-8-6-16(7-9-17)19-14(3)22/h6-9,12-13,15,21H,4-5,10-11H2,1-3H3,(H,19,22)/t12-,13-,15+/m1/s1. The Balaban J connectivity index is 1.92. The number of benzene rings is 1. The van der Waals surface area contributed by atoms with Gasteiger partial charge in [-0.05, 0) is 51.0 Å². The molecule has 0 aliphatic carbocycles. The molecule has 0 spiro atoms. The van der Waals surface area contributed by atoms with Gasteiger partial charge >= 0.3 is 0 Å². The molecule has 1 aromatic rings. The summed E-state index contributed by atoms with van der Waals surface area (Å²) < 4.78 is 0. The number of nitrogens with one attached hydrogen (secondary N) is 1. The molecule has 3 atom stereocenters. The van der Waals surface area contributed by atoms with Gasteiger partial charge in [0.05, 0.1) is 11.4 Å². The summed E-state index contributed by atoms with van der Waals surface area (Å²) in [5.74, 6) is 0.199. The Hall–Kier alpha value is -1.53. The lowest BCUT2D eigenvalue weighted by Gasteiger charge is -2.35. The van der Waals surface area contributed by atoms with Gasteiger partial charge in [0.2, 0.25) is 11.8 Å². The Labute approximate surface area is 147 Å². The van der Waals surface area contributed by atoms with Crippen molar-refractivity contribution in [3.63, 3.8) is 0 Å². The molecule has 1 aliphatic rings. The van der Waals surface area contributed by atoms with Crippen LogP contribution in [0.15, 0.2) is 29.2 Å². The molecule has 6 heteroatoms. The molecule has 5 nitrogen and oxygen atoms in total. The topological polar surface area (TPSA) is 69.6 Å². The molecule has 132 valence electrons. The Kier molecular flexibility index (Phi) is 6.69. The normalized spacial score (nSPS) is 20.3. The zero-order valence-electron chi connectivity index (χ0n) is 14.5. The molecule has 0 unspecified atom stereocenters. The second-order valence-electron chi connectivity index (χ2n) is 6.39. The van der Waals surface area contributed by atoms with Gasteiger partial charge in [-0.1, -0.05) is 0 Å². The quantitative estimate of drug-likeness (QED) is 0.801. The van der Waals surface area contributed by atoms with Crippen LogP contribution >= 0.6 is 11.8 Å². The molecular formula is C18H26N2O3S. The van der Waals surface area contributed by atoms with E-state index in [0.29, 0.717) is 6.54 Å². The fourth-order valence-electron chi connectivity index (χ4n) is 2.94. The molecule has 2 amide bonds. The third-order valence-electron chi connectivity index (χ3n) is 4.29. The van der Waals surface area contributed by atoms with E-state index in [1.165, 1.54) is 18.7 Å². The van der Waals surface area contributed by atoms with Gasteiger partial charge in [-0.25, -0.2) is 0 Å². The first kappa shape index (κ1) is 18.8. The molecule has 2 rings (SSSR count). The van der Waals surface area contributed by atoms with Crippen molar-refractivity contribution >= 4 is 29.3 Å². The Bertz CT molecular complexity index is 574. The van der Waals surface area contributed by atoms with Crippen LogP contribution < -0.4 is 5.32 Å². The van der Waals surface area contributed by atoms with E-state index in [-0.39, 0.29) is 29.1 Å². The maximum absolute atomic E-state index is 12.6. The average molecular weight is 350 g/mol. The number of hydrogen-bond acceptors (Lipinski definition) is 4. The number of aliphatic hydroxyl groups excluding tert-OH is 1. The van der Waals surface area contributed by atoms with Crippen LogP contribution in [-0.2, 0) is 9.59 Å². The summed E-state index contributed by atoms with van der Waals surface area (Å²) in [6.45, 7) is 6.61. The molecule has 0 saturated carbocycles. The van der Waals surface area contributed by atoms with Crippen LogP contribution in [0.5, 0.6) is 0 Å². The largest absolute Gasteiger partial charge is 0.393 e. The lowest BCUT2D eigenvalue weighted by atomic mass is 9.93. The first-order valence-corrected chi connectivity index (χ1v) is 9.26. The van der Waals surface area contributed by atoms with Crippen LogP contribution in [0.25, 0.3) is 0 Å². The van der Waals surface area contributed by atoms with E-state index >= 15 is 0 Å². The van der Waals surface area contributed by atoms with Gasteiger partial charge < -0.3 is 15.3 Å². The zero-order chi connectivity index (χ0) is 17.7. The number of nitrogens with zero attached hydrogens (tertiary/aromatic N) is 1. The fourth-order valence-corrected chi connectivity index (χ4v) is 3.89. The summed E-state index contributed by atoms with van der Waals surface area (Å²) in [5.41, 5.74) is 0.752. The Morgan fingerprint density at radius 1 is 1.29 bits per heavy atom. The maximum Gasteiger partial charge on any atom is 0.235 e. The third-order valence-corrected chi connectivity index (χ3v) is 5.39. The second kappa shape index (κ2) is 8.53. The molecule has 1 heterocycles. The lowest BCUT2D eigenvalue weighted by Crippen LogP contribution is -2.45. The molecule has 1 aromatic carbocycles. The third kappa shape index (κ3) is 5.24. The van der Waals surface area contributed by atoms with Crippen molar-refractivity contribution < 1.29 is 14.7 Å². The summed E-state index contributed by atoms with van der Waals surface area (Å²) in [4.78, 5) is 26.6. The van der Waals surface area contributed by atoms with E-state index < -0.39 is 0 Å². The van der Waals surface area contributed by atoms with E-state index in [2.05, 4.69) is 5.32 Å². The lowest BCUT2D eigenvalue weighted by molar-refractivity contribution is -0.132. The number of carbonyl (C=O) groups is 2. The summed E-state index contributed by atoms with van der Waals surface area (Å²) in [7, 11) is 0. The number of thioether (sulfide) groups is 1. The SMILES string of the molecule is CC(=O)Nc1ccc(S[C@H](C)C(=O)N2CCC[C@H]([C@@H](C)O)C2)cc1. The molecule has 1 saturated heterocycles. The number of hydrogen-bond donors (Lipinski definition) is 2. The maximum atomic E-state index is 12.6. The fraction of sp³-hybridized carbons (Fsp3) is 0.556. The van der Waals surface area contributed by atoms with E-state index in [1.54, 1.807) is 6.92 Å². The minimum atomic E-state index is -0.370. The van der Waals surface area contributed by atoms with Crippen LogP contribution in [0.4, 0.5) is 5.69 Å².